The first-order valence-electron chi connectivity index (χ1n) is 13.0. The molecule has 2 N–H and O–H groups in total. The average Bonchev–Trinajstić information content (AvgIpc) is 3.74. The third-order valence-corrected chi connectivity index (χ3v) is 7.10. The molecular formula is C28H33N7O3. The van der Waals surface area contributed by atoms with Gasteiger partial charge in [-0.2, -0.15) is 10.3 Å². The molecule has 2 aromatic carbocycles. The number of hydrogen-bond donors (Lipinski definition) is 2. The fourth-order valence-electron chi connectivity index (χ4n) is 5.18. The summed E-state index contributed by atoms with van der Waals surface area (Å²) in [5, 5.41) is 22.4. The summed E-state index contributed by atoms with van der Waals surface area (Å²) in [5.41, 5.74) is 3.17. The van der Waals surface area contributed by atoms with Gasteiger partial charge in [-0.15, -0.1) is 10.2 Å². The van der Waals surface area contributed by atoms with Crippen LogP contribution in [-0.4, -0.2) is 56.6 Å². The summed E-state index contributed by atoms with van der Waals surface area (Å²) in [6.07, 6.45) is 6.31. The number of amides is 1. The third kappa shape index (κ3) is 5.69. The van der Waals surface area contributed by atoms with Gasteiger partial charge in [0, 0.05) is 12.5 Å². The minimum absolute atomic E-state index is 0.193. The van der Waals surface area contributed by atoms with Crippen LogP contribution in [-0.2, 0) is 12.8 Å². The Morgan fingerprint density at radius 1 is 1.08 bits per heavy atom. The lowest BCUT2D eigenvalue weighted by molar-refractivity contribution is 0.0928. The van der Waals surface area contributed by atoms with Crippen molar-refractivity contribution >= 4 is 5.91 Å². The quantitative estimate of drug-likeness (QED) is 0.308. The standard InChI is InChI=1S/C28H33N7O3/c1-37-24-13-8-14-25(38-2)27(24)23-18-22(32-35(23)21-11-6-7-12-21)28(36)29-20(17-26-30-33-34-31-26)16-15-19-9-4-3-5-10-19/h3-5,8-10,13-14,18,20-21H,6-7,11-12,15-17H2,1-2H3,(H,29,36)(H,30,31,33,34)/t20-/m0/s1. The molecule has 1 aliphatic carbocycles. The van der Waals surface area contributed by atoms with Crippen LogP contribution in [0.4, 0.5) is 0 Å². The summed E-state index contributed by atoms with van der Waals surface area (Å²) < 4.78 is 13.4. The SMILES string of the molecule is COc1cccc(OC)c1-c1cc(C(=O)N[C@@H](CCc2ccccc2)Cc2nn[nH]n2)nn1C1CCCC1. The molecule has 0 saturated heterocycles. The molecule has 0 bridgehead atoms. The lowest BCUT2D eigenvalue weighted by Gasteiger charge is -2.18. The molecule has 0 unspecified atom stereocenters. The van der Waals surface area contributed by atoms with E-state index in [1.165, 1.54) is 5.56 Å². The van der Waals surface area contributed by atoms with Crippen molar-refractivity contribution in [2.75, 3.05) is 14.2 Å². The Morgan fingerprint density at radius 3 is 2.47 bits per heavy atom. The van der Waals surface area contributed by atoms with E-state index in [4.69, 9.17) is 14.6 Å². The van der Waals surface area contributed by atoms with Crippen LogP contribution < -0.4 is 14.8 Å². The number of aromatic nitrogens is 6. The number of aromatic amines is 1. The second-order valence-electron chi connectivity index (χ2n) is 9.56. The number of hydrogen-bond acceptors (Lipinski definition) is 7. The first-order valence-corrected chi connectivity index (χ1v) is 13.0. The zero-order valence-corrected chi connectivity index (χ0v) is 21.8. The third-order valence-electron chi connectivity index (χ3n) is 7.10. The minimum atomic E-state index is -0.238. The summed E-state index contributed by atoms with van der Waals surface area (Å²) in [7, 11) is 3.27. The van der Waals surface area contributed by atoms with Crippen molar-refractivity contribution < 1.29 is 14.3 Å². The Hall–Kier alpha value is -4.21. The van der Waals surface area contributed by atoms with Crippen molar-refractivity contribution in [2.24, 2.45) is 0 Å². The number of nitrogens with zero attached hydrogens (tertiary/aromatic N) is 5. The molecule has 1 saturated carbocycles. The monoisotopic (exact) mass is 515 g/mol. The summed E-state index contributed by atoms with van der Waals surface area (Å²) in [6, 6.07) is 17.8. The number of methoxy groups -OCH3 is 2. The largest absolute Gasteiger partial charge is 0.496 e. The molecule has 198 valence electrons. The second kappa shape index (κ2) is 11.9. The van der Waals surface area contributed by atoms with E-state index < -0.39 is 0 Å². The van der Waals surface area contributed by atoms with Gasteiger partial charge in [0.05, 0.1) is 31.5 Å². The Balaban J connectivity index is 1.44. The molecule has 2 aromatic heterocycles. The average molecular weight is 516 g/mol. The van der Waals surface area contributed by atoms with Gasteiger partial charge in [0.1, 0.15) is 11.5 Å². The van der Waals surface area contributed by atoms with Gasteiger partial charge in [-0.3, -0.25) is 9.48 Å². The number of H-pyrrole nitrogens is 1. The highest BCUT2D eigenvalue weighted by Gasteiger charge is 2.28. The lowest BCUT2D eigenvalue weighted by Crippen LogP contribution is -2.37. The van der Waals surface area contributed by atoms with Crippen LogP contribution in [0.1, 0.15) is 60.0 Å². The van der Waals surface area contributed by atoms with Crippen molar-refractivity contribution in [3.05, 3.63) is 71.7 Å². The highest BCUT2D eigenvalue weighted by atomic mass is 16.5. The maximum atomic E-state index is 13.6. The summed E-state index contributed by atoms with van der Waals surface area (Å²) >= 11 is 0. The van der Waals surface area contributed by atoms with Gasteiger partial charge in [0.2, 0.25) is 0 Å². The van der Waals surface area contributed by atoms with E-state index in [2.05, 4.69) is 38.1 Å². The molecule has 38 heavy (non-hydrogen) atoms. The van der Waals surface area contributed by atoms with Gasteiger partial charge in [-0.05, 0) is 49.4 Å². The first-order chi connectivity index (χ1) is 18.7. The molecule has 0 radical (unpaired) electrons. The Bertz CT molecular complexity index is 1310. The van der Waals surface area contributed by atoms with Crippen LogP contribution in [0.25, 0.3) is 11.3 Å². The second-order valence-corrected chi connectivity index (χ2v) is 9.56. The number of carbonyl (C=O) groups is 1. The molecule has 1 atom stereocenters. The van der Waals surface area contributed by atoms with Gasteiger partial charge in [0.15, 0.2) is 11.5 Å². The van der Waals surface area contributed by atoms with Crippen molar-refractivity contribution in [1.82, 2.24) is 35.7 Å². The molecule has 4 aromatic rings. The van der Waals surface area contributed by atoms with Crippen LogP contribution in [0.15, 0.2) is 54.6 Å². The van der Waals surface area contributed by atoms with Crippen molar-refractivity contribution in [2.45, 2.75) is 57.0 Å². The first kappa shape index (κ1) is 25.4. The molecule has 10 heteroatoms. The zero-order chi connectivity index (χ0) is 26.3. The maximum Gasteiger partial charge on any atom is 0.272 e. The number of nitrogens with one attached hydrogen (secondary N) is 2. The number of benzene rings is 2. The number of rotatable bonds is 11. The number of tetrazole rings is 1. The molecule has 1 amide bonds. The van der Waals surface area contributed by atoms with Gasteiger partial charge in [-0.25, -0.2) is 0 Å². The molecule has 1 aliphatic rings. The Labute approximate surface area is 221 Å². The number of aryl methyl sites for hydroxylation is 1. The maximum absolute atomic E-state index is 13.6. The van der Waals surface area contributed by atoms with E-state index in [0.29, 0.717) is 29.4 Å². The summed E-state index contributed by atoms with van der Waals surface area (Å²) in [5.74, 6) is 1.67. The van der Waals surface area contributed by atoms with E-state index in [0.717, 1.165) is 49.8 Å². The van der Waals surface area contributed by atoms with E-state index in [-0.39, 0.29) is 18.0 Å². The fraction of sp³-hybridized carbons (Fsp3) is 0.393. The molecule has 2 heterocycles. The number of ether oxygens (including phenoxy) is 2. The molecular weight excluding hydrogens is 482 g/mol. The van der Waals surface area contributed by atoms with Crippen LogP contribution in [0.5, 0.6) is 11.5 Å². The molecule has 5 rings (SSSR count). The van der Waals surface area contributed by atoms with Crippen molar-refractivity contribution in [1.29, 1.82) is 0 Å². The highest BCUT2D eigenvalue weighted by Crippen LogP contribution is 2.41. The van der Waals surface area contributed by atoms with E-state index in [9.17, 15) is 4.79 Å². The molecule has 1 fully saturated rings. The number of carbonyl (C=O) groups excluding carboxylic acids is 1. The molecule has 10 nitrogen and oxygen atoms in total. The normalized spacial score (nSPS) is 14.4. The fourth-order valence-corrected chi connectivity index (χ4v) is 5.18. The minimum Gasteiger partial charge on any atom is -0.496 e. The predicted octanol–water partition coefficient (Wildman–Crippen LogP) is 4.17. The van der Waals surface area contributed by atoms with Crippen molar-refractivity contribution in [3.8, 4) is 22.8 Å². The van der Waals surface area contributed by atoms with Crippen LogP contribution >= 0.6 is 0 Å². The van der Waals surface area contributed by atoms with Gasteiger partial charge in [-0.1, -0.05) is 54.5 Å². The lowest BCUT2D eigenvalue weighted by atomic mass is 10.0. The summed E-state index contributed by atoms with van der Waals surface area (Å²) in [6.45, 7) is 0. The van der Waals surface area contributed by atoms with Gasteiger partial charge >= 0.3 is 0 Å². The summed E-state index contributed by atoms with van der Waals surface area (Å²) in [4.78, 5) is 13.6. The Morgan fingerprint density at radius 2 is 1.82 bits per heavy atom. The van der Waals surface area contributed by atoms with Crippen molar-refractivity contribution in [3.63, 3.8) is 0 Å². The predicted molar refractivity (Wildman–Crippen MR) is 142 cm³/mol. The van der Waals surface area contributed by atoms with E-state index in [1.54, 1.807) is 14.2 Å². The highest BCUT2D eigenvalue weighted by molar-refractivity contribution is 5.94. The van der Waals surface area contributed by atoms with Gasteiger partial charge in [0.25, 0.3) is 5.91 Å². The van der Waals surface area contributed by atoms with E-state index >= 15 is 0 Å². The van der Waals surface area contributed by atoms with Crippen LogP contribution in [0.2, 0.25) is 0 Å². The topological polar surface area (TPSA) is 120 Å². The Kier molecular flexibility index (Phi) is 7.96. The molecule has 0 aliphatic heterocycles. The van der Waals surface area contributed by atoms with Gasteiger partial charge < -0.3 is 14.8 Å². The van der Waals surface area contributed by atoms with Crippen LogP contribution in [0, 0.1) is 0 Å². The van der Waals surface area contributed by atoms with E-state index in [1.807, 2.05) is 47.1 Å². The smallest absolute Gasteiger partial charge is 0.272 e. The van der Waals surface area contributed by atoms with Crippen LogP contribution in [0.3, 0.4) is 0 Å². The zero-order valence-electron chi connectivity index (χ0n) is 21.8. The molecule has 0 spiro atoms.